The van der Waals surface area contributed by atoms with E-state index in [0.717, 1.165) is 12.1 Å². The molecule has 1 amide bonds. The molecule has 5 nitrogen and oxygen atoms in total. The minimum atomic E-state index is -0.410. The van der Waals surface area contributed by atoms with E-state index in [1.807, 2.05) is 37.3 Å². The normalized spacial score (nSPS) is 10.5. The maximum atomic E-state index is 13.3. The van der Waals surface area contributed by atoms with Crippen LogP contribution in [0.25, 0.3) is 0 Å². The van der Waals surface area contributed by atoms with Crippen LogP contribution in [-0.4, -0.2) is 22.4 Å². The monoisotopic (exact) mass is 364 g/mol. The number of benzene rings is 2. The Kier molecular flexibility index (Phi) is 5.76. The van der Waals surface area contributed by atoms with E-state index in [0.29, 0.717) is 23.9 Å². The number of carbonyl (C=O) groups excluding carboxylic acids is 1. The zero-order valence-corrected chi connectivity index (χ0v) is 15.3. The van der Waals surface area contributed by atoms with E-state index in [1.165, 1.54) is 12.1 Å². The van der Waals surface area contributed by atoms with Gasteiger partial charge in [0.25, 0.3) is 5.91 Å². The van der Waals surface area contributed by atoms with Gasteiger partial charge in [-0.25, -0.2) is 14.4 Å². The summed E-state index contributed by atoms with van der Waals surface area (Å²) >= 11 is 0. The summed E-state index contributed by atoms with van der Waals surface area (Å²) in [5, 5.41) is 2.67. The SMILES string of the molecule is CCN(Cc1ccccc1)c1cc(C(=O)Nc2cccc(F)c2)nc(C)n1. The van der Waals surface area contributed by atoms with Crippen molar-refractivity contribution < 1.29 is 9.18 Å². The smallest absolute Gasteiger partial charge is 0.274 e. The third-order valence-electron chi connectivity index (χ3n) is 4.06. The van der Waals surface area contributed by atoms with Gasteiger partial charge in [-0.1, -0.05) is 36.4 Å². The van der Waals surface area contributed by atoms with E-state index in [-0.39, 0.29) is 5.69 Å². The van der Waals surface area contributed by atoms with Gasteiger partial charge < -0.3 is 10.2 Å². The fourth-order valence-corrected chi connectivity index (χ4v) is 2.75. The minimum Gasteiger partial charge on any atom is -0.352 e. The number of nitrogens with zero attached hydrogens (tertiary/aromatic N) is 3. The summed E-state index contributed by atoms with van der Waals surface area (Å²) in [5.41, 5.74) is 1.78. The molecule has 0 bridgehead atoms. The molecule has 0 fully saturated rings. The number of nitrogens with one attached hydrogen (secondary N) is 1. The number of aryl methyl sites for hydroxylation is 1. The van der Waals surface area contributed by atoms with Crippen LogP contribution in [0.1, 0.15) is 28.8 Å². The molecule has 0 saturated heterocycles. The molecule has 1 N–H and O–H groups in total. The van der Waals surface area contributed by atoms with Crippen molar-refractivity contribution in [3.05, 3.63) is 83.6 Å². The summed E-state index contributed by atoms with van der Waals surface area (Å²) in [6.07, 6.45) is 0. The number of halogens is 1. The first-order chi connectivity index (χ1) is 13.0. The van der Waals surface area contributed by atoms with Crippen molar-refractivity contribution >= 4 is 17.4 Å². The number of hydrogen-bond acceptors (Lipinski definition) is 4. The Morgan fingerprint density at radius 3 is 2.56 bits per heavy atom. The minimum absolute atomic E-state index is 0.244. The number of carbonyl (C=O) groups is 1. The Morgan fingerprint density at radius 1 is 1.07 bits per heavy atom. The molecule has 0 aliphatic heterocycles. The van der Waals surface area contributed by atoms with Gasteiger partial charge in [-0.15, -0.1) is 0 Å². The second-order valence-electron chi connectivity index (χ2n) is 6.12. The van der Waals surface area contributed by atoms with Gasteiger partial charge in [0.2, 0.25) is 0 Å². The largest absolute Gasteiger partial charge is 0.352 e. The van der Waals surface area contributed by atoms with Crippen LogP contribution >= 0.6 is 0 Å². The summed E-state index contributed by atoms with van der Waals surface area (Å²) in [4.78, 5) is 23.3. The zero-order chi connectivity index (χ0) is 19.2. The molecule has 1 aromatic heterocycles. The second-order valence-corrected chi connectivity index (χ2v) is 6.12. The van der Waals surface area contributed by atoms with Crippen molar-refractivity contribution in [2.45, 2.75) is 20.4 Å². The molecule has 2 aromatic carbocycles. The topological polar surface area (TPSA) is 58.1 Å². The Balaban J connectivity index is 1.83. The summed E-state index contributed by atoms with van der Waals surface area (Å²) in [6, 6.07) is 17.5. The van der Waals surface area contributed by atoms with Crippen molar-refractivity contribution in [2.24, 2.45) is 0 Å². The van der Waals surface area contributed by atoms with Gasteiger partial charge in [-0.3, -0.25) is 4.79 Å². The maximum Gasteiger partial charge on any atom is 0.274 e. The molecule has 0 aliphatic carbocycles. The van der Waals surface area contributed by atoms with Crippen LogP contribution in [0.4, 0.5) is 15.9 Å². The van der Waals surface area contributed by atoms with Crippen LogP contribution in [0, 0.1) is 12.7 Å². The van der Waals surface area contributed by atoms with E-state index in [9.17, 15) is 9.18 Å². The number of hydrogen-bond donors (Lipinski definition) is 1. The summed E-state index contributed by atoms with van der Waals surface area (Å²) in [6.45, 7) is 5.20. The van der Waals surface area contributed by atoms with Gasteiger partial charge in [0, 0.05) is 24.8 Å². The highest BCUT2D eigenvalue weighted by Crippen LogP contribution is 2.17. The lowest BCUT2D eigenvalue weighted by Crippen LogP contribution is -2.25. The highest BCUT2D eigenvalue weighted by atomic mass is 19.1. The molecular formula is C21H21FN4O. The van der Waals surface area contributed by atoms with Gasteiger partial charge >= 0.3 is 0 Å². The van der Waals surface area contributed by atoms with Crippen LogP contribution in [0.15, 0.2) is 60.7 Å². The predicted molar refractivity (Wildman–Crippen MR) is 104 cm³/mol. The van der Waals surface area contributed by atoms with E-state index in [4.69, 9.17) is 0 Å². The highest BCUT2D eigenvalue weighted by Gasteiger charge is 2.15. The fraction of sp³-hybridized carbons (Fsp3) is 0.190. The van der Waals surface area contributed by atoms with Crippen LogP contribution in [-0.2, 0) is 6.54 Å². The molecule has 0 spiro atoms. The van der Waals surface area contributed by atoms with Gasteiger partial charge in [0.05, 0.1) is 0 Å². The summed E-state index contributed by atoms with van der Waals surface area (Å²) < 4.78 is 13.3. The molecule has 0 radical (unpaired) electrons. The van der Waals surface area contributed by atoms with E-state index in [1.54, 1.807) is 25.1 Å². The Labute approximate surface area is 157 Å². The van der Waals surface area contributed by atoms with E-state index < -0.39 is 11.7 Å². The lowest BCUT2D eigenvalue weighted by Gasteiger charge is -2.22. The molecule has 138 valence electrons. The van der Waals surface area contributed by atoms with Gasteiger partial charge in [0.1, 0.15) is 23.2 Å². The maximum absolute atomic E-state index is 13.3. The molecule has 1 heterocycles. The first kappa shape index (κ1) is 18.5. The molecule has 0 atom stereocenters. The molecule has 27 heavy (non-hydrogen) atoms. The standard InChI is InChI=1S/C21H21FN4O/c1-3-26(14-16-8-5-4-6-9-16)20-13-19(23-15(2)24-20)21(27)25-18-11-7-10-17(22)12-18/h4-13H,3,14H2,1-2H3,(H,25,27). The first-order valence-corrected chi connectivity index (χ1v) is 8.76. The molecule has 0 unspecified atom stereocenters. The molecule has 3 rings (SSSR count). The highest BCUT2D eigenvalue weighted by molar-refractivity contribution is 6.03. The molecular weight excluding hydrogens is 343 g/mol. The number of aromatic nitrogens is 2. The van der Waals surface area contributed by atoms with Crippen molar-refractivity contribution in [2.75, 3.05) is 16.8 Å². The average Bonchev–Trinajstić information content (AvgIpc) is 2.66. The third kappa shape index (κ3) is 4.88. The van der Waals surface area contributed by atoms with Crippen molar-refractivity contribution in [3.63, 3.8) is 0 Å². The quantitative estimate of drug-likeness (QED) is 0.712. The third-order valence-corrected chi connectivity index (χ3v) is 4.06. The van der Waals surface area contributed by atoms with Crippen LogP contribution in [0.3, 0.4) is 0 Å². The number of amides is 1. The molecule has 0 saturated carbocycles. The zero-order valence-electron chi connectivity index (χ0n) is 15.3. The molecule has 6 heteroatoms. The molecule has 3 aromatic rings. The Morgan fingerprint density at radius 2 is 1.85 bits per heavy atom. The molecule has 0 aliphatic rings. The van der Waals surface area contributed by atoms with Crippen LogP contribution in [0.5, 0.6) is 0 Å². The summed E-state index contributed by atoms with van der Waals surface area (Å²) in [5.74, 6) is 0.372. The van der Waals surface area contributed by atoms with Gasteiger partial charge in [0.15, 0.2) is 0 Å². The number of anilines is 2. The average molecular weight is 364 g/mol. The second kappa shape index (κ2) is 8.40. The van der Waals surface area contributed by atoms with Crippen LogP contribution < -0.4 is 10.2 Å². The Hall–Kier alpha value is -3.28. The van der Waals surface area contributed by atoms with Gasteiger partial charge in [-0.05, 0) is 37.6 Å². The Bertz CT molecular complexity index is 930. The van der Waals surface area contributed by atoms with Crippen LogP contribution in [0.2, 0.25) is 0 Å². The fourth-order valence-electron chi connectivity index (χ4n) is 2.75. The lowest BCUT2D eigenvalue weighted by molar-refractivity contribution is 0.102. The van der Waals surface area contributed by atoms with E-state index >= 15 is 0 Å². The van der Waals surface area contributed by atoms with Gasteiger partial charge in [-0.2, -0.15) is 0 Å². The summed E-state index contributed by atoms with van der Waals surface area (Å²) in [7, 11) is 0. The lowest BCUT2D eigenvalue weighted by atomic mass is 10.2. The predicted octanol–water partition coefficient (Wildman–Crippen LogP) is 4.20. The number of rotatable bonds is 6. The van der Waals surface area contributed by atoms with Crippen molar-refractivity contribution in [1.29, 1.82) is 0 Å². The van der Waals surface area contributed by atoms with E-state index in [2.05, 4.69) is 20.2 Å². The van der Waals surface area contributed by atoms with Crippen molar-refractivity contribution in [3.8, 4) is 0 Å². The first-order valence-electron chi connectivity index (χ1n) is 8.76. The van der Waals surface area contributed by atoms with Crippen molar-refractivity contribution in [1.82, 2.24) is 9.97 Å².